The van der Waals surface area contributed by atoms with Crippen molar-refractivity contribution in [3.63, 3.8) is 0 Å². The van der Waals surface area contributed by atoms with E-state index < -0.39 is 4.92 Å². The third-order valence-corrected chi connectivity index (χ3v) is 5.81. The van der Waals surface area contributed by atoms with Crippen molar-refractivity contribution in [3.05, 3.63) is 62.3 Å². The fourth-order valence-electron chi connectivity index (χ4n) is 3.09. The molecule has 0 saturated carbocycles. The molecule has 9 nitrogen and oxygen atoms in total. The van der Waals surface area contributed by atoms with Crippen LogP contribution in [0.2, 0.25) is 5.02 Å². The lowest BCUT2D eigenvalue weighted by Gasteiger charge is -2.34. The maximum atomic E-state index is 12.8. The number of nitrogens with zero attached hydrogens (tertiary/aromatic N) is 5. The maximum absolute atomic E-state index is 12.8. The van der Waals surface area contributed by atoms with Crippen molar-refractivity contribution < 1.29 is 14.2 Å². The molecule has 1 aliphatic heterocycles. The van der Waals surface area contributed by atoms with Crippen LogP contribution in [-0.4, -0.2) is 56.9 Å². The number of rotatable bonds is 5. The lowest BCUT2D eigenvalue weighted by molar-refractivity contribution is -0.384. The number of carbonyl (C=O) groups excluding carboxylic acids is 1. The molecule has 4 rings (SSSR count). The summed E-state index contributed by atoms with van der Waals surface area (Å²) in [4.78, 5) is 32.3. The van der Waals surface area contributed by atoms with Crippen molar-refractivity contribution >= 4 is 34.5 Å². The minimum atomic E-state index is -0.542. The largest absolute Gasteiger partial charge is 0.338 e. The number of carbonyl (C=O) groups is 1. The van der Waals surface area contributed by atoms with Crippen LogP contribution in [0.4, 0.5) is 5.69 Å². The fraction of sp³-hybridized carbons (Fsp3) is 0.278. The van der Waals surface area contributed by atoms with Gasteiger partial charge in [0.1, 0.15) is 0 Å². The molecule has 1 saturated heterocycles. The van der Waals surface area contributed by atoms with Gasteiger partial charge in [-0.15, -0.1) is 11.3 Å². The average Bonchev–Trinajstić information content (AvgIpc) is 3.40. The lowest BCUT2D eigenvalue weighted by Crippen LogP contribution is -2.48. The first kappa shape index (κ1) is 19.5. The summed E-state index contributed by atoms with van der Waals surface area (Å²) in [6.45, 7) is 2.69. The van der Waals surface area contributed by atoms with E-state index >= 15 is 0 Å². The molecular weight excluding hydrogens is 418 g/mol. The molecule has 1 amide bonds. The molecule has 0 radical (unpaired) electrons. The highest BCUT2D eigenvalue weighted by atomic mass is 35.5. The molecule has 11 heteroatoms. The van der Waals surface area contributed by atoms with Crippen LogP contribution in [0.25, 0.3) is 10.7 Å². The zero-order chi connectivity index (χ0) is 20.4. The summed E-state index contributed by atoms with van der Waals surface area (Å²) in [5, 5.41) is 17.1. The van der Waals surface area contributed by atoms with Gasteiger partial charge in [-0.3, -0.25) is 19.8 Å². The first-order valence-corrected chi connectivity index (χ1v) is 10.1. The summed E-state index contributed by atoms with van der Waals surface area (Å²) < 4.78 is 5.33. The van der Waals surface area contributed by atoms with Crippen molar-refractivity contribution in [2.45, 2.75) is 6.54 Å². The molecule has 1 aromatic carbocycles. The van der Waals surface area contributed by atoms with E-state index in [-0.39, 0.29) is 22.2 Å². The number of non-ortho nitro benzene ring substituents is 1. The molecule has 150 valence electrons. The molecule has 0 spiro atoms. The van der Waals surface area contributed by atoms with Crippen LogP contribution in [0.1, 0.15) is 16.2 Å². The minimum absolute atomic E-state index is 0.145. The van der Waals surface area contributed by atoms with E-state index in [0.29, 0.717) is 44.4 Å². The van der Waals surface area contributed by atoms with Gasteiger partial charge in [-0.2, -0.15) is 4.98 Å². The van der Waals surface area contributed by atoms with Crippen LogP contribution in [0, 0.1) is 10.1 Å². The van der Waals surface area contributed by atoms with Gasteiger partial charge < -0.3 is 9.42 Å². The zero-order valence-electron chi connectivity index (χ0n) is 15.2. The number of benzene rings is 1. The minimum Gasteiger partial charge on any atom is -0.338 e. The first-order chi connectivity index (χ1) is 14.0. The smallest absolute Gasteiger partial charge is 0.270 e. The predicted molar refractivity (Wildman–Crippen MR) is 107 cm³/mol. The van der Waals surface area contributed by atoms with E-state index in [4.69, 9.17) is 16.1 Å². The first-order valence-electron chi connectivity index (χ1n) is 8.83. The molecule has 0 aliphatic carbocycles. The molecule has 0 atom stereocenters. The van der Waals surface area contributed by atoms with Gasteiger partial charge in [-0.25, -0.2) is 0 Å². The SMILES string of the molecule is O=C(c1cc([N+](=O)[O-])ccc1Cl)N1CCN(Cc2nc(-c3cccs3)no2)CC1. The van der Waals surface area contributed by atoms with E-state index in [1.54, 1.807) is 16.2 Å². The molecule has 1 aliphatic rings. The predicted octanol–water partition coefficient (Wildman–Crippen LogP) is 3.32. The molecule has 1 fully saturated rings. The van der Waals surface area contributed by atoms with Gasteiger partial charge in [0.2, 0.25) is 11.7 Å². The number of aromatic nitrogens is 2. The Labute approximate surface area is 174 Å². The second kappa shape index (κ2) is 8.27. The van der Waals surface area contributed by atoms with Crippen molar-refractivity contribution in [2.75, 3.05) is 26.2 Å². The molecule has 0 unspecified atom stereocenters. The summed E-state index contributed by atoms with van der Waals surface area (Å²) in [5.74, 6) is 0.787. The number of nitro benzene ring substituents is 1. The average molecular weight is 434 g/mol. The number of halogens is 1. The van der Waals surface area contributed by atoms with Gasteiger partial charge in [0, 0.05) is 38.3 Å². The number of amides is 1. The number of thiophene rings is 1. The van der Waals surface area contributed by atoms with Gasteiger partial charge >= 0.3 is 0 Å². The number of hydrogen-bond donors (Lipinski definition) is 0. The highest BCUT2D eigenvalue weighted by Gasteiger charge is 2.26. The fourth-order valence-corrected chi connectivity index (χ4v) is 3.93. The molecule has 3 heterocycles. The second-order valence-electron chi connectivity index (χ2n) is 6.48. The Morgan fingerprint density at radius 1 is 1.28 bits per heavy atom. The molecular formula is C18H16ClN5O4S. The summed E-state index contributed by atoms with van der Waals surface area (Å²) in [7, 11) is 0. The maximum Gasteiger partial charge on any atom is 0.270 e. The van der Waals surface area contributed by atoms with E-state index in [1.807, 2.05) is 17.5 Å². The number of hydrogen-bond acceptors (Lipinski definition) is 8. The van der Waals surface area contributed by atoms with Crippen LogP contribution >= 0.6 is 22.9 Å². The van der Waals surface area contributed by atoms with Crippen molar-refractivity contribution in [1.29, 1.82) is 0 Å². The Morgan fingerprint density at radius 2 is 2.07 bits per heavy atom. The van der Waals surface area contributed by atoms with Crippen LogP contribution in [-0.2, 0) is 6.54 Å². The van der Waals surface area contributed by atoms with Crippen molar-refractivity contribution in [3.8, 4) is 10.7 Å². The third-order valence-electron chi connectivity index (χ3n) is 4.62. The van der Waals surface area contributed by atoms with Gasteiger partial charge in [0.15, 0.2) is 0 Å². The lowest BCUT2D eigenvalue weighted by atomic mass is 10.1. The summed E-state index contributed by atoms with van der Waals surface area (Å²) >= 11 is 7.63. The monoisotopic (exact) mass is 433 g/mol. The van der Waals surface area contributed by atoms with Crippen LogP contribution in [0.3, 0.4) is 0 Å². The van der Waals surface area contributed by atoms with Gasteiger partial charge in [0.25, 0.3) is 11.6 Å². The van der Waals surface area contributed by atoms with Crippen molar-refractivity contribution in [2.24, 2.45) is 0 Å². The Kier molecular flexibility index (Phi) is 5.56. The Balaban J connectivity index is 1.36. The van der Waals surface area contributed by atoms with Gasteiger partial charge in [-0.05, 0) is 17.5 Å². The van der Waals surface area contributed by atoms with Gasteiger partial charge in [-0.1, -0.05) is 22.8 Å². The second-order valence-corrected chi connectivity index (χ2v) is 7.83. The standard InChI is InChI=1S/C18H16ClN5O4S/c19-14-4-3-12(24(26)27)10-13(14)18(25)23-7-5-22(6-8-23)11-16-20-17(21-28-16)15-2-1-9-29-15/h1-4,9-10H,5-8,11H2. The molecule has 0 N–H and O–H groups in total. The molecule has 2 aromatic heterocycles. The summed E-state index contributed by atoms with van der Waals surface area (Å²) in [5.41, 5.74) is -0.0128. The van der Waals surface area contributed by atoms with Gasteiger partial charge in [0.05, 0.1) is 26.9 Å². The van der Waals surface area contributed by atoms with E-state index in [1.165, 1.54) is 18.2 Å². The van der Waals surface area contributed by atoms with Crippen molar-refractivity contribution in [1.82, 2.24) is 19.9 Å². The molecule has 29 heavy (non-hydrogen) atoms. The summed E-state index contributed by atoms with van der Waals surface area (Å²) in [6.07, 6.45) is 0. The topological polar surface area (TPSA) is 106 Å². The van der Waals surface area contributed by atoms with E-state index in [9.17, 15) is 14.9 Å². The quantitative estimate of drug-likeness (QED) is 0.448. The van der Waals surface area contributed by atoms with Crippen LogP contribution in [0.5, 0.6) is 0 Å². The van der Waals surface area contributed by atoms with Crippen LogP contribution in [0.15, 0.2) is 40.2 Å². The highest BCUT2D eigenvalue weighted by Crippen LogP contribution is 2.24. The van der Waals surface area contributed by atoms with E-state index in [0.717, 1.165) is 4.88 Å². The Hall–Kier alpha value is -2.82. The molecule has 0 bridgehead atoms. The zero-order valence-corrected chi connectivity index (χ0v) is 16.7. The highest BCUT2D eigenvalue weighted by molar-refractivity contribution is 7.13. The number of piperazine rings is 1. The third kappa shape index (κ3) is 4.29. The normalized spacial score (nSPS) is 14.9. The Morgan fingerprint density at radius 3 is 2.76 bits per heavy atom. The van der Waals surface area contributed by atoms with Crippen LogP contribution < -0.4 is 0 Å². The molecule has 3 aromatic rings. The Bertz CT molecular complexity index is 1030. The van der Waals surface area contributed by atoms with E-state index in [2.05, 4.69) is 15.0 Å². The number of nitro groups is 1. The summed E-state index contributed by atoms with van der Waals surface area (Å²) in [6, 6.07) is 7.75.